The van der Waals surface area contributed by atoms with Gasteiger partial charge in [-0.25, -0.2) is 13.4 Å². The van der Waals surface area contributed by atoms with Gasteiger partial charge in [-0.2, -0.15) is 0 Å². The largest absolute Gasteiger partial charge is 0.405 e. The third-order valence-corrected chi connectivity index (χ3v) is 4.62. The number of nitrogens with one attached hydrogen (secondary N) is 2. The van der Waals surface area contributed by atoms with E-state index in [9.17, 15) is 13.2 Å². The summed E-state index contributed by atoms with van der Waals surface area (Å²) in [7, 11) is -3.33. The molecule has 0 atom stereocenters. The predicted molar refractivity (Wildman–Crippen MR) is 112 cm³/mol. The number of aliphatic imine (C=N–C) groups is 1. The Balaban J connectivity index is 2.12. The summed E-state index contributed by atoms with van der Waals surface area (Å²) < 4.78 is 23.2. The molecule has 144 valence electrons. The van der Waals surface area contributed by atoms with Gasteiger partial charge in [0.25, 0.3) is 0 Å². The number of rotatable bonds is 8. The lowest BCUT2D eigenvalue weighted by molar-refractivity contribution is -0.108. The molecule has 0 saturated carbocycles. The standard InChI is InChI=1S/C20H20N4O3S/c1-28(26,27)17-9-5-8-16(14-17)23-13-11-19(25)20(22)18(10-12-21)24-15-6-3-2-4-7-15/h2-14,22-23H,21H2,1H3. The van der Waals surface area contributed by atoms with Crippen molar-refractivity contribution in [3.8, 4) is 0 Å². The minimum Gasteiger partial charge on any atom is -0.405 e. The Morgan fingerprint density at radius 3 is 2.46 bits per heavy atom. The van der Waals surface area contributed by atoms with Crippen molar-refractivity contribution in [2.24, 2.45) is 10.7 Å². The number of ketones is 1. The predicted octanol–water partition coefficient (Wildman–Crippen LogP) is 2.85. The monoisotopic (exact) mass is 396 g/mol. The molecule has 28 heavy (non-hydrogen) atoms. The van der Waals surface area contributed by atoms with E-state index >= 15 is 0 Å². The number of allylic oxidation sites excluding steroid dienone is 2. The lowest BCUT2D eigenvalue weighted by atomic mass is 10.1. The van der Waals surface area contributed by atoms with Gasteiger partial charge in [0, 0.05) is 24.2 Å². The van der Waals surface area contributed by atoms with Crippen LogP contribution in [-0.2, 0) is 14.6 Å². The first-order chi connectivity index (χ1) is 13.3. The third kappa shape index (κ3) is 6.03. The van der Waals surface area contributed by atoms with Gasteiger partial charge in [0.05, 0.1) is 16.3 Å². The van der Waals surface area contributed by atoms with Crippen molar-refractivity contribution in [2.45, 2.75) is 4.90 Å². The number of benzene rings is 2. The summed E-state index contributed by atoms with van der Waals surface area (Å²) in [6.07, 6.45) is 6.21. The molecule has 0 saturated heterocycles. The molecule has 0 unspecified atom stereocenters. The molecular formula is C20H20N4O3S. The summed E-state index contributed by atoms with van der Waals surface area (Å²) in [5, 5.41) is 10.9. The van der Waals surface area contributed by atoms with Crippen molar-refractivity contribution in [1.29, 1.82) is 5.41 Å². The van der Waals surface area contributed by atoms with Crippen molar-refractivity contribution in [1.82, 2.24) is 0 Å². The minimum absolute atomic E-state index is 0.127. The number of hydrogen-bond donors (Lipinski definition) is 3. The first-order valence-electron chi connectivity index (χ1n) is 8.20. The Bertz CT molecular complexity index is 1060. The Hall–Kier alpha value is -3.52. The molecule has 8 heteroatoms. The van der Waals surface area contributed by atoms with Crippen molar-refractivity contribution in [3.05, 3.63) is 79.1 Å². The highest BCUT2D eigenvalue weighted by Gasteiger charge is 2.12. The Labute approximate surface area is 163 Å². The zero-order valence-electron chi connectivity index (χ0n) is 15.2. The number of nitrogens with zero attached hydrogens (tertiary/aromatic N) is 1. The van der Waals surface area contributed by atoms with Crippen LogP contribution in [0.2, 0.25) is 0 Å². The van der Waals surface area contributed by atoms with E-state index in [1.54, 1.807) is 36.4 Å². The van der Waals surface area contributed by atoms with Gasteiger partial charge >= 0.3 is 0 Å². The summed E-state index contributed by atoms with van der Waals surface area (Å²) in [4.78, 5) is 16.7. The summed E-state index contributed by atoms with van der Waals surface area (Å²) in [5.74, 6) is -0.584. The van der Waals surface area contributed by atoms with E-state index in [2.05, 4.69) is 10.3 Å². The normalized spacial score (nSPS) is 12.4. The van der Waals surface area contributed by atoms with Crippen LogP contribution in [0.5, 0.6) is 0 Å². The third-order valence-electron chi connectivity index (χ3n) is 3.51. The van der Waals surface area contributed by atoms with E-state index in [0.29, 0.717) is 11.4 Å². The van der Waals surface area contributed by atoms with Crippen molar-refractivity contribution in [2.75, 3.05) is 11.6 Å². The van der Waals surface area contributed by atoms with E-state index in [-0.39, 0.29) is 16.3 Å². The maximum absolute atomic E-state index is 12.3. The average molecular weight is 396 g/mol. The number of sulfone groups is 1. The molecule has 0 radical (unpaired) electrons. The number of anilines is 1. The fraction of sp³-hybridized carbons (Fsp3) is 0.0500. The highest BCUT2D eigenvalue weighted by molar-refractivity contribution is 7.90. The second-order valence-electron chi connectivity index (χ2n) is 5.71. The number of para-hydroxylation sites is 1. The van der Waals surface area contributed by atoms with Gasteiger partial charge in [-0.1, -0.05) is 24.3 Å². The molecule has 2 aromatic carbocycles. The Morgan fingerprint density at radius 1 is 1.11 bits per heavy atom. The van der Waals surface area contributed by atoms with Crippen LogP contribution in [0.1, 0.15) is 0 Å². The molecule has 0 aliphatic heterocycles. The molecule has 0 heterocycles. The van der Waals surface area contributed by atoms with Gasteiger partial charge in [-0.05, 0) is 42.6 Å². The molecule has 2 aromatic rings. The van der Waals surface area contributed by atoms with Crippen LogP contribution in [0.15, 0.2) is 89.0 Å². The maximum Gasteiger partial charge on any atom is 0.207 e. The van der Waals surface area contributed by atoms with E-state index in [4.69, 9.17) is 11.1 Å². The molecule has 0 bridgehead atoms. The highest BCUT2D eigenvalue weighted by atomic mass is 32.2. The zero-order valence-corrected chi connectivity index (χ0v) is 16.0. The topological polar surface area (TPSA) is 125 Å². The number of hydrogen-bond acceptors (Lipinski definition) is 7. The molecule has 0 aromatic heterocycles. The molecule has 0 spiro atoms. The van der Waals surface area contributed by atoms with E-state index in [0.717, 1.165) is 6.26 Å². The average Bonchev–Trinajstić information content (AvgIpc) is 2.67. The Kier molecular flexibility index (Phi) is 7.00. The lowest BCUT2D eigenvalue weighted by Crippen LogP contribution is -2.20. The quantitative estimate of drug-likeness (QED) is 0.467. The fourth-order valence-electron chi connectivity index (χ4n) is 2.15. The summed E-state index contributed by atoms with van der Waals surface area (Å²) in [6.45, 7) is 0. The van der Waals surface area contributed by atoms with E-state index in [1.807, 2.05) is 6.07 Å². The first kappa shape index (κ1) is 20.8. The van der Waals surface area contributed by atoms with Gasteiger partial charge in [0.15, 0.2) is 9.84 Å². The van der Waals surface area contributed by atoms with Crippen molar-refractivity contribution >= 4 is 38.4 Å². The second-order valence-corrected chi connectivity index (χ2v) is 7.72. The maximum atomic E-state index is 12.3. The van der Waals surface area contributed by atoms with Crippen LogP contribution < -0.4 is 11.1 Å². The van der Waals surface area contributed by atoms with Gasteiger partial charge in [-0.15, -0.1) is 0 Å². The molecule has 2 rings (SSSR count). The summed E-state index contributed by atoms with van der Waals surface area (Å²) in [6, 6.07) is 15.1. The number of nitrogens with two attached hydrogens (primary N) is 1. The van der Waals surface area contributed by atoms with Gasteiger partial charge in [0.1, 0.15) is 5.71 Å². The van der Waals surface area contributed by atoms with E-state index < -0.39 is 15.6 Å². The molecule has 4 N–H and O–H groups in total. The highest BCUT2D eigenvalue weighted by Crippen LogP contribution is 2.15. The van der Waals surface area contributed by atoms with Crippen LogP contribution in [0.25, 0.3) is 0 Å². The van der Waals surface area contributed by atoms with Crippen molar-refractivity contribution < 1.29 is 13.2 Å². The SMILES string of the molecule is CS(=O)(=O)c1cccc(NC=CC(=O)C(=N)C(C=CN)=Nc2ccccc2)c1. The van der Waals surface area contributed by atoms with Crippen LogP contribution >= 0.6 is 0 Å². The lowest BCUT2D eigenvalue weighted by Gasteiger charge is -2.04. The smallest absolute Gasteiger partial charge is 0.207 e. The number of carbonyl (C=O) groups is 1. The molecule has 0 amide bonds. The molecule has 0 fully saturated rings. The minimum atomic E-state index is -3.33. The fourth-order valence-corrected chi connectivity index (χ4v) is 2.82. The van der Waals surface area contributed by atoms with Gasteiger partial charge in [-0.3, -0.25) is 10.2 Å². The second kappa shape index (κ2) is 9.43. The van der Waals surface area contributed by atoms with Gasteiger partial charge in [0.2, 0.25) is 5.78 Å². The molecule has 7 nitrogen and oxygen atoms in total. The van der Waals surface area contributed by atoms with Gasteiger partial charge < -0.3 is 11.1 Å². The van der Waals surface area contributed by atoms with E-state index in [1.165, 1.54) is 36.7 Å². The van der Waals surface area contributed by atoms with Crippen LogP contribution in [0.3, 0.4) is 0 Å². The van der Waals surface area contributed by atoms with Crippen LogP contribution in [0.4, 0.5) is 11.4 Å². The first-order valence-corrected chi connectivity index (χ1v) is 10.1. The molecule has 0 aliphatic rings. The number of carbonyl (C=O) groups excluding carboxylic acids is 1. The molecule has 0 aliphatic carbocycles. The van der Waals surface area contributed by atoms with Crippen LogP contribution in [0, 0.1) is 5.41 Å². The Morgan fingerprint density at radius 2 is 1.82 bits per heavy atom. The zero-order chi connectivity index (χ0) is 20.6. The molecular weight excluding hydrogens is 376 g/mol. The summed E-state index contributed by atoms with van der Waals surface area (Å²) in [5.41, 5.74) is 6.29. The van der Waals surface area contributed by atoms with Crippen LogP contribution in [-0.4, -0.2) is 31.9 Å². The summed E-state index contributed by atoms with van der Waals surface area (Å²) >= 11 is 0. The van der Waals surface area contributed by atoms with Crippen molar-refractivity contribution in [3.63, 3.8) is 0 Å².